The number of hydrogen-bond acceptors (Lipinski definition) is 7. The fraction of sp³-hybridized carbons (Fsp3) is 0.407. The summed E-state index contributed by atoms with van der Waals surface area (Å²) in [5.41, 5.74) is 0.592. The van der Waals surface area contributed by atoms with Gasteiger partial charge in [-0.2, -0.15) is 13.2 Å². The van der Waals surface area contributed by atoms with Gasteiger partial charge >= 0.3 is 12.1 Å². The van der Waals surface area contributed by atoms with Gasteiger partial charge in [0, 0.05) is 18.0 Å². The maximum absolute atomic E-state index is 13.1. The van der Waals surface area contributed by atoms with Crippen molar-refractivity contribution in [3.05, 3.63) is 65.6 Å². The van der Waals surface area contributed by atoms with Crippen LogP contribution in [0.2, 0.25) is 0 Å². The molecule has 1 fully saturated rings. The number of hydrogen-bond donors (Lipinski definition) is 2. The van der Waals surface area contributed by atoms with Gasteiger partial charge in [0.15, 0.2) is 6.07 Å². The first-order chi connectivity index (χ1) is 18.0. The summed E-state index contributed by atoms with van der Waals surface area (Å²) < 4.78 is 44.1. The number of alkyl halides is 4. The molecule has 2 N–H and O–H groups in total. The van der Waals surface area contributed by atoms with Crippen molar-refractivity contribution in [2.24, 2.45) is 11.8 Å². The van der Waals surface area contributed by atoms with Gasteiger partial charge in [0.05, 0.1) is 22.9 Å². The number of aromatic nitrogens is 3. The molecule has 3 heterocycles. The van der Waals surface area contributed by atoms with Crippen LogP contribution in [0.4, 0.5) is 24.8 Å². The molecule has 11 heteroatoms. The Hall–Kier alpha value is -3.24. The molecule has 1 aliphatic carbocycles. The van der Waals surface area contributed by atoms with E-state index in [0.717, 1.165) is 23.9 Å². The van der Waals surface area contributed by atoms with E-state index >= 15 is 0 Å². The number of carbonyl (C=O) groups excluding carboxylic acids is 1. The van der Waals surface area contributed by atoms with Crippen molar-refractivity contribution in [3.8, 4) is 11.3 Å². The number of anilines is 2. The lowest BCUT2D eigenvalue weighted by molar-refractivity contribution is -0.149. The Balaban J connectivity index is 1.48. The third-order valence-electron chi connectivity index (χ3n) is 6.94. The lowest BCUT2D eigenvalue weighted by Gasteiger charge is -2.37. The van der Waals surface area contributed by atoms with Crippen molar-refractivity contribution in [1.82, 2.24) is 15.0 Å². The number of nitrogens with one attached hydrogen (secondary N) is 1. The molecule has 0 bridgehead atoms. The van der Waals surface area contributed by atoms with E-state index in [9.17, 15) is 23.1 Å². The van der Waals surface area contributed by atoms with Crippen molar-refractivity contribution in [3.63, 3.8) is 0 Å². The Labute approximate surface area is 223 Å². The van der Waals surface area contributed by atoms with Crippen LogP contribution in [0.3, 0.4) is 0 Å². The number of ether oxygens (including phenoxy) is 1. The highest BCUT2D eigenvalue weighted by molar-refractivity contribution is 6.17. The van der Waals surface area contributed by atoms with Crippen LogP contribution in [0.15, 0.2) is 48.8 Å². The largest absolute Gasteiger partial charge is 0.449 e. The van der Waals surface area contributed by atoms with Crippen molar-refractivity contribution >= 4 is 29.2 Å². The van der Waals surface area contributed by atoms with Gasteiger partial charge in [0.25, 0.3) is 0 Å². The average molecular weight is 549 g/mol. The second-order valence-corrected chi connectivity index (χ2v) is 9.89. The van der Waals surface area contributed by atoms with Crippen molar-refractivity contribution in [2.45, 2.75) is 51.3 Å². The molecule has 1 atom stereocenters. The normalized spacial score (nSPS) is 19.4. The lowest BCUT2D eigenvalue weighted by Crippen LogP contribution is -2.36. The Morgan fingerprint density at radius 3 is 2.47 bits per heavy atom. The van der Waals surface area contributed by atoms with Crippen molar-refractivity contribution < 1.29 is 27.8 Å². The number of carbonyl (C=O) groups is 1. The molecule has 0 spiro atoms. The smallest absolute Gasteiger partial charge is 0.416 e. The van der Waals surface area contributed by atoms with E-state index in [-0.39, 0.29) is 29.7 Å². The number of aliphatic hydroxyl groups is 1. The van der Waals surface area contributed by atoms with Gasteiger partial charge in [-0.3, -0.25) is 9.78 Å². The summed E-state index contributed by atoms with van der Waals surface area (Å²) in [7, 11) is 0. The molecular weight excluding hydrogens is 521 g/mol. The highest BCUT2D eigenvalue weighted by Crippen LogP contribution is 2.41. The molecule has 0 saturated heterocycles. The molecule has 202 valence electrons. The molecule has 1 aliphatic rings. The zero-order valence-corrected chi connectivity index (χ0v) is 21.7. The predicted octanol–water partition coefficient (Wildman–Crippen LogP) is 6.36. The Morgan fingerprint density at radius 1 is 1.11 bits per heavy atom. The highest BCUT2D eigenvalue weighted by Gasteiger charge is 2.39. The molecule has 3 aromatic heterocycles. The first kappa shape index (κ1) is 27.8. The molecule has 4 rings (SSSR count). The number of rotatable bonds is 7. The molecule has 0 unspecified atom stereocenters. The van der Waals surface area contributed by atoms with Crippen LogP contribution in [-0.2, 0) is 21.3 Å². The van der Waals surface area contributed by atoms with Crippen LogP contribution >= 0.6 is 11.6 Å². The number of nitrogens with zero attached hydrogens (tertiary/aromatic N) is 3. The summed E-state index contributed by atoms with van der Waals surface area (Å²) in [4.78, 5) is 25.0. The standard InChI is InChI=1S/C27H28ClF3N4O3/c1-16-11-21(34-24(12-16)35-23-13-20(9-10-32-23)27(29,30)31)18-5-8-22(33-14-18)26(2,37)19-6-3-17(4-7-19)25(36)38-15-28/h5,8-14,17,19,37H,3-4,6-7,15H2,1-2H3,(H,32,34,35)/t17?,19?,26-/m1/s1. The second-order valence-electron chi connectivity index (χ2n) is 9.67. The summed E-state index contributed by atoms with van der Waals surface area (Å²) in [6, 6.07) is 8.75. The fourth-order valence-corrected chi connectivity index (χ4v) is 4.91. The average Bonchev–Trinajstić information content (AvgIpc) is 2.88. The molecule has 0 aliphatic heterocycles. The first-order valence-electron chi connectivity index (χ1n) is 12.2. The first-order valence-corrected chi connectivity index (χ1v) is 12.7. The minimum Gasteiger partial charge on any atom is -0.449 e. The highest BCUT2D eigenvalue weighted by atomic mass is 35.5. The van der Waals surface area contributed by atoms with E-state index in [2.05, 4.69) is 20.3 Å². The van der Waals surface area contributed by atoms with Crippen molar-refractivity contribution in [1.29, 1.82) is 0 Å². The van der Waals surface area contributed by atoms with Gasteiger partial charge in [-0.1, -0.05) is 11.6 Å². The third-order valence-corrected chi connectivity index (χ3v) is 7.05. The van der Waals surface area contributed by atoms with E-state index in [1.165, 1.54) is 0 Å². The van der Waals surface area contributed by atoms with Crippen LogP contribution < -0.4 is 5.32 Å². The van der Waals surface area contributed by atoms with Gasteiger partial charge in [0.1, 0.15) is 17.2 Å². The topological polar surface area (TPSA) is 97.2 Å². The van der Waals surface area contributed by atoms with Gasteiger partial charge < -0.3 is 15.2 Å². The zero-order valence-electron chi connectivity index (χ0n) is 20.9. The third kappa shape index (κ3) is 6.42. The predicted molar refractivity (Wildman–Crippen MR) is 137 cm³/mol. The van der Waals surface area contributed by atoms with Crippen LogP contribution in [0.5, 0.6) is 0 Å². The zero-order chi connectivity index (χ0) is 27.5. The van der Waals surface area contributed by atoms with Crippen molar-refractivity contribution in [2.75, 3.05) is 11.4 Å². The van der Waals surface area contributed by atoms with Crippen LogP contribution in [-0.4, -0.2) is 32.1 Å². The molecule has 3 aromatic rings. The Morgan fingerprint density at radius 2 is 1.84 bits per heavy atom. The number of aryl methyl sites for hydroxylation is 1. The molecule has 0 aromatic carbocycles. The molecule has 0 amide bonds. The molecule has 1 saturated carbocycles. The second kappa shape index (κ2) is 11.2. The van der Waals surface area contributed by atoms with Crippen LogP contribution in [0.1, 0.15) is 49.4 Å². The van der Waals surface area contributed by atoms with Crippen LogP contribution in [0, 0.1) is 18.8 Å². The summed E-state index contributed by atoms with van der Waals surface area (Å²) in [6.45, 7) is 3.58. The maximum atomic E-state index is 13.1. The lowest BCUT2D eigenvalue weighted by atomic mass is 9.73. The SMILES string of the molecule is Cc1cc(Nc2cc(C(F)(F)F)ccn2)nc(-c2ccc([C@](C)(O)C3CCC(C(=O)OCCl)CC3)nc2)c1. The molecule has 0 radical (unpaired) electrons. The van der Waals surface area contributed by atoms with Gasteiger partial charge in [-0.05, 0) is 87.4 Å². The Kier molecular flexibility index (Phi) is 8.22. The molecular formula is C27H28ClF3N4O3. The minimum absolute atomic E-state index is 0.0269. The van der Waals surface area contributed by atoms with Crippen LogP contribution in [0.25, 0.3) is 11.3 Å². The van der Waals surface area contributed by atoms with E-state index < -0.39 is 17.3 Å². The quantitative estimate of drug-likeness (QED) is 0.262. The van der Waals surface area contributed by atoms with E-state index in [0.29, 0.717) is 48.5 Å². The monoisotopic (exact) mass is 548 g/mol. The van der Waals surface area contributed by atoms with E-state index in [1.54, 1.807) is 31.3 Å². The number of pyridine rings is 3. The molecule has 38 heavy (non-hydrogen) atoms. The van der Waals surface area contributed by atoms with Gasteiger partial charge in [-0.25, -0.2) is 9.97 Å². The Bertz CT molecular complexity index is 1280. The van der Waals surface area contributed by atoms with E-state index in [1.807, 2.05) is 13.0 Å². The van der Waals surface area contributed by atoms with Gasteiger partial charge in [0.2, 0.25) is 0 Å². The number of halogens is 4. The molecule has 7 nitrogen and oxygen atoms in total. The number of esters is 1. The fourth-order valence-electron chi connectivity index (χ4n) is 4.80. The maximum Gasteiger partial charge on any atom is 0.416 e. The minimum atomic E-state index is -4.48. The summed E-state index contributed by atoms with van der Waals surface area (Å²) in [5.74, 6) is -0.221. The summed E-state index contributed by atoms with van der Waals surface area (Å²) in [6.07, 6.45) is 0.744. The van der Waals surface area contributed by atoms with E-state index in [4.69, 9.17) is 16.3 Å². The summed E-state index contributed by atoms with van der Waals surface area (Å²) in [5, 5.41) is 14.2. The van der Waals surface area contributed by atoms with Gasteiger partial charge in [-0.15, -0.1) is 0 Å². The summed E-state index contributed by atoms with van der Waals surface area (Å²) >= 11 is 5.49.